The standard InChI is InChI=1S/C57H37N/c1-3-11-46-35-48(30-22-38(46)9-1)40-18-26-44(27-19-40)56-51-13-5-6-14-52(51)57(45-28-20-41(21-29-45)49-31-23-39-10-2-4-12-47(39)36-49)54-37-50(32-33-53(54)56)42-16-24-43(25-17-42)55-15-7-8-34-58-55/h1-37H. The first-order chi connectivity index (χ1) is 28.7. The molecule has 0 amide bonds. The summed E-state index contributed by atoms with van der Waals surface area (Å²) < 4.78 is 0. The molecule has 11 aromatic rings. The molecule has 0 unspecified atom stereocenters. The van der Waals surface area contributed by atoms with Gasteiger partial charge in [-0.25, -0.2) is 0 Å². The van der Waals surface area contributed by atoms with Gasteiger partial charge in [0.25, 0.3) is 0 Å². The Morgan fingerprint density at radius 3 is 1.12 bits per heavy atom. The fourth-order valence-electron chi connectivity index (χ4n) is 8.74. The van der Waals surface area contributed by atoms with Crippen LogP contribution in [0.1, 0.15) is 0 Å². The third-order valence-electron chi connectivity index (χ3n) is 11.7. The van der Waals surface area contributed by atoms with Crippen LogP contribution in [0.25, 0.3) is 110 Å². The van der Waals surface area contributed by atoms with E-state index in [0.717, 1.165) is 11.3 Å². The lowest BCUT2D eigenvalue weighted by Gasteiger charge is -2.19. The predicted octanol–water partition coefficient (Wildman–Crippen LogP) is 15.7. The van der Waals surface area contributed by atoms with Crippen molar-refractivity contribution in [3.8, 4) is 66.9 Å². The number of hydrogen-bond acceptors (Lipinski definition) is 1. The Hall–Kier alpha value is -7.61. The molecule has 0 saturated heterocycles. The van der Waals surface area contributed by atoms with Gasteiger partial charge in [-0.05, 0) is 129 Å². The molecule has 0 aliphatic rings. The van der Waals surface area contributed by atoms with Crippen molar-refractivity contribution in [1.82, 2.24) is 4.98 Å². The molecule has 0 aliphatic heterocycles. The van der Waals surface area contributed by atoms with Gasteiger partial charge in [0.15, 0.2) is 0 Å². The van der Waals surface area contributed by atoms with Crippen molar-refractivity contribution in [1.29, 1.82) is 0 Å². The van der Waals surface area contributed by atoms with Crippen LogP contribution in [0, 0.1) is 0 Å². The number of aromatic nitrogens is 1. The normalized spacial score (nSPS) is 11.4. The van der Waals surface area contributed by atoms with Crippen molar-refractivity contribution >= 4 is 43.1 Å². The maximum absolute atomic E-state index is 4.58. The molecule has 0 spiro atoms. The Labute approximate surface area is 338 Å². The molecule has 0 N–H and O–H groups in total. The molecule has 10 aromatic carbocycles. The molecule has 0 aliphatic carbocycles. The Kier molecular flexibility index (Phi) is 8.23. The van der Waals surface area contributed by atoms with E-state index < -0.39 is 0 Å². The second-order valence-electron chi connectivity index (χ2n) is 15.1. The molecule has 0 bridgehead atoms. The van der Waals surface area contributed by atoms with Crippen molar-refractivity contribution in [2.45, 2.75) is 0 Å². The zero-order valence-corrected chi connectivity index (χ0v) is 31.8. The van der Waals surface area contributed by atoms with Crippen LogP contribution in [0.3, 0.4) is 0 Å². The summed E-state index contributed by atoms with van der Waals surface area (Å²) >= 11 is 0. The molecule has 270 valence electrons. The zero-order valence-electron chi connectivity index (χ0n) is 31.8. The predicted molar refractivity (Wildman–Crippen MR) is 247 cm³/mol. The van der Waals surface area contributed by atoms with Gasteiger partial charge in [0.2, 0.25) is 0 Å². The maximum Gasteiger partial charge on any atom is 0.0701 e. The van der Waals surface area contributed by atoms with E-state index >= 15 is 0 Å². The lowest BCUT2D eigenvalue weighted by Crippen LogP contribution is -1.92. The minimum atomic E-state index is 0.977. The summed E-state index contributed by atoms with van der Waals surface area (Å²) in [5.74, 6) is 0. The van der Waals surface area contributed by atoms with Crippen LogP contribution in [0.5, 0.6) is 0 Å². The third kappa shape index (κ3) is 6.02. The second kappa shape index (κ2) is 14.2. The average molecular weight is 736 g/mol. The Bertz CT molecular complexity index is 3290. The second-order valence-corrected chi connectivity index (χ2v) is 15.1. The van der Waals surface area contributed by atoms with E-state index in [1.807, 2.05) is 18.3 Å². The topological polar surface area (TPSA) is 12.9 Å². The lowest BCUT2D eigenvalue weighted by atomic mass is 9.84. The molecule has 0 saturated carbocycles. The summed E-state index contributed by atoms with van der Waals surface area (Å²) in [5, 5.41) is 9.97. The van der Waals surface area contributed by atoms with E-state index in [4.69, 9.17) is 0 Å². The molecule has 1 heteroatoms. The van der Waals surface area contributed by atoms with Crippen molar-refractivity contribution in [3.05, 3.63) is 225 Å². The van der Waals surface area contributed by atoms with E-state index in [1.54, 1.807) is 0 Å². The summed E-state index contributed by atoms with van der Waals surface area (Å²) in [4.78, 5) is 4.58. The number of rotatable bonds is 6. The van der Waals surface area contributed by atoms with E-state index in [9.17, 15) is 0 Å². The lowest BCUT2D eigenvalue weighted by molar-refractivity contribution is 1.33. The average Bonchev–Trinajstić information content (AvgIpc) is 3.31. The minimum Gasteiger partial charge on any atom is -0.256 e. The van der Waals surface area contributed by atoms with Gasteiger partial charge < -0.3 is 0 Å². The largest absolute Gasteiger partial charge is 0.256 e. The van der Waals surface area contributed by atoms with Crippen LogP contribution >= 0.6 is 0 Å². The van der Waals surface area contributed by atoms with Crippen molar-refractivity contribution in [2.75, 3.05) is 0 Å². The number of nitrogens with zero attached hydrogens (tertiary/aromatic N) is 1. The van der Waals surface area contributed by atoms with Crippen LogP contribution < -0.4 is 0 Å². The zero-order chi connectivity index (χ0) is 38.4. The molecule has 0 fully saturated rings. The fraction of sp³-hybridized carbons (Fsp3) is 0. The molecule has 0 radical (unpaired) electrons. The number of benzene rings is 10. The first kappa shape index (κ1) is 33.7. The number of hydrogen-bond donors (Lipinski definition) is 0. The van der Waals surface area contributed by atoms with Gasteiger partial charge in [-0.15, -0.1) is 0 Å². The SMILES string of the molecule is c1ccc(-c2ccc(-c3ccc4c(-c5ccc(-c6ccc7ccccc7c6)cc5)c5ccccc5c(-c5ccc(-c6ccc7ccccc7c6)cc5)c4c3)cc2)nc1. The Balaban J connectivity index is 1.08. The monoisotopic (exact) mass is 735 g/mol. The van der Waals surface area contributed by atoms with E-state index in [2.05, 4.69) is 211 Å². The van der Waals surface area contributed by atoms with Gasteiger partial charge in [-0.1, -0.05) is 188 Å². The first-order valence-corrected chi connectivity index (χ1v) is 19.9. The first-order valence-electron chi connectivity index (χ1n) is 19.9. The van der Waals surface area contributed by atoms with E-state index in [1.165, 1.54) is 98.7 Å². The summed E-state index contributed by atoms with van der Waals surface area (Å²) in [6, 6.07) is 79.7. The number of fused-ring (bicyclic) bond motifs is 4. The van der Waals surface area contributed by atoms with Gasteiger partial charge in [0.1, 0.15) is 0 Å². The molecule has 1 nitrogen and oxygen atoms in total. The highest BCUT2D eigenvalue weighted by Gasteiger charge is 2.18. The highest BCUT2D eigenvalue weighted by molar-refractivity contribution is 6.22. The van der Waals surface area contributed by atoms with Crippen LogP contribution in [0.15, 0.2) is 225 Å². The summed E-state index contributed by atoms with van der Waals surface area (Å²) in [5.41, 5.74) is 14.2. The summed E-state index contributed by atoms with van der Waals surface area (Å²) in [6.45, 7) is 0. The van der Waals surface area contributed by atoms with Crippen LogP contribution in [0.4, 0.5) is 0 Å². The molecule has 1 aromatic heterocycles. The van der Waals surface area contributed by atoms with Crippen molar-refractivity contribution in [2.24, 2.45) is 0 Å². The van der Waals surface area contributed by atoms with Crippen molar-refractivity contribution < 1.29 is 0 Å². The minimum absolute atomic E-state index is 0.977. The summed E-state index contributed by atoms with van der Waals surface area (Å²) in [7, 11) is 0. The molecule has 11 rings (SSSR count). The smallest absolute Gasteiger partial charge is 0.0701 e. The number of pyridine rings is 1. The Morgan fingerprint density at radius 1 is 0.224 bits per heavy atom. The maximum atomic E-state index is 4.58. The van der Waals surface area contributed by atoms with Gasteiger partial charge >= 0.3 is 0 Å². The fourth-order valence-corrected chi connectivity index (χ4v) is 8.74. The van der Waals surface area contributed by atoms with E-state index in [0.29, 0.717) is 0 Å². The Morgan fingerprint density at radius 2 is 0.603 bits per heavy atom. The van der Waals surface area contributed by atoms with E-state index in [-0.39, 0.29) is 0 Å². The molecule has 58 heavy (non-hydrogen) atoms. The highest BCUT2D eigenvalue weighted by Crippen LogP contribution is 2.45. The van der Waals surface area contributed by atoms with Crippen molar-refractivity contribution in [3.63, 3.8) is 0 Å². The van der Waals surface area contributed by atoms with Crippen LogP contribution in [-0.2, 0) is 0 Å². The van der Waals surface area contributed by atoms with Crippen LogP contribution in [-0.4, -0.2) is 4.98 Å². The summed E-state index contributed by atoms with van der Waals surface area (Å²) in [6.07, 6.45) is 1.85. The molecule has 1 heterocycles. The van der Waals surface area contributed by atoms with Gasteiger partial charge in [0, 0.05) is 11.8 Å². The highest BCUT2D eigenvalue weighted by atomic mass is 14.7. The van der Waals surface area contributed by atoms with Gasteiger partial charge in [0.05, 0.1) is 5.69 Å². The van der Waals surface area contributed by atoms with Gasteiger partial charge in [-0.3, -0.25) is 4.98 Å². The molecular formula is C57H37N. The molecule has 0 atom stereocenters. The molecular weight excluding hydrogens is 699 g/mol. The quantitative estimate of drug-likeness (QED) is 0.155. The van der Waals surface area contributed by atoms with Gasteiger partial charge in [-0.2, -0.15) is 0 Å². The van der Waals surface area contributed by atoms with Crippen LogP contribution in [0.2, 0.25) is 0 Å². The third-order valence-corrected chi connectivity index (χ3v) is 11.7.